The highest BCUT2D eigenvalue weighted by Crippen LogP contribution is 2.20. The Morgan fingerprint density at radius 2 is 1.86 bits per heavy atom. The molecule has 0 heterocycles. The van der Waals surface area contributed by atoms with E-state index in [1.54, 1.807) is 13.8 Å². The summed E-state index contributed by atoms with van der Waals surface area (Å²) in [7, 11) is 0. The van der Waals surface area contributed by atoms with E-state index >= 15 is 0 Å². The number of aryl methyl sites for hydroxylation is 1. The summed E-state index contributed by atoms with van der Waals surface area (Å²) >= 11 is 6.00. The number of halogens is 1. The van der Waals surface area contributed by atoms with E-state index in [1.165, 1.54) is 5.56 Å². The van der Waals surface area contributed by atoms with Crippen molar-refractivity contribution in [3.05, 3.63) is 29.8 Å². The number of rotatable bonds is 9. The molecule has 0 aromatic heterocycles. The summed E-state index contributed by atoms with van der Waals surface area (Å²) in [5.74, 6) is 1.49. The van der Waals surface area contributed by atoms with E-state index < -0.39 is 4.87 Å². The molecular weight excluding hydrogens is 284 g/mol. The Bertz CT molecular complexity index is 432. The predicted octanol–water partition coefficient (Wildman–Crippen LogP) is 5.02. The lowest BCUT2D eigenvalue weighted by Crippen LogP contribution is -2.24. The SMILES string of the molecule is CCc1ccc(OCCC(C)CCC(=O)C(C)(C)Cl)cc1. The van der Waals surface area contributed by atoms with Crippen LogP contribution in [0.1, 0.15) is 52.5 Å². The smallest absolute Gasteiger partial charge is 0.153 e. The van der Waals surface area contributed by atoms with Crippen LogP contribution in [0.4, 0.5) is 0 Å². The standard InChI is InChI=1S/C18H27ClO2/c1-5-15-7-9-16(10-8-15)21-13-12-14(2)6-11-17(20)18(3,4)19/h7-10,14H,5-6,11-13H2,1-4H3. The Balaban J connectivity index is 2.24. The summed E-state index contributed by atoms with van der Waals surface area (Å²) in [6, 6.07) is 8.23. The number of ether oxygens (including phenoxy) is 1. The van der Waals surface area contributed by atoms with Crippen molar-refractivity contribution in [1.82, 2.24) is 0 Å². The van der Waals surface area contributed by atoms with Crippen molar-refractivity contribution in [2.75, 3.05) is 6.61 Å². The third-order valence-corrected chi connectivity index (χ3v) is 3.95. The zero-order valence-electron chi connectivity index (χ0n) is 13.6. The molecule has 0 N–H and O–H groups in total. The molecule has 1 unspecified atom stereocenters. The van der Waals surface area contributed by atoms with Crippen LogP contribution in [-0.4, -0.2) is 17.3 Å². The van der Waals surface area contributed by atoms with Crippen LogP contribution >= 0.6 is 11.6 Å². The zero-order chi connectivity index (χ0) is 15.9. The Kier molecular flexibility index (Phi) is 7.24. The molecule has 3 heteroatoms. The van der Waals surface area contributed by atoms with E-state index in [0.29, 0.717) is 18.9 Å². The summed E-state index contributed by atoms with van der Waals surface area (Å²) < 4.78 is 5.74. The maximum absolute atomic E-state index is 11.8. The van der Waals surface area contributed by atoms with Crippen molar-refractivity contribution in [2.24, 2.45) is 5.92 Å². The molecule has 0 aliphatic rings. The van der Waals surface area contributed by atoms with Crippen molar-refractivity contribution < 1.29 is 9.53 Å². The van der Waals surface area contributed by atoms with Crippen LogP contribution in [0.3, 0.4) is 0 Å². The first-order valence-electron chi connectivity index (χ1n) is 7.77. The highest BCUT2D eigenvalue weighted by molar-refractivity contribution is 6.34. The molecule has 1 aromatic carbocycles. The van der Waals surface area contributed by atoms with Gasteiger partial charge in [-0.1, -0.05) is 26.0 Å². The second kappa shape index (κ2) is 8.43. The van der Waals surface area contributed by atoms with E-state index in [4.69, 9.17) is 16.3 Å². The predicted molar refractivity (Wildman–Crippen MR) is 89.3 cm³/mol. The van der Waals surface area contributed by atoms with Crippen molar-refractivity contribution in [3.8, 4) is 5.75 Å². The second-order valence-corrected chi connectivity index (χ2v) is 7.12. The minimum atomic E-state index is -0.739. The minimum Gasteiger partial charge on any atom is -0.494 e. The highest BCUT2D eigenvalue weighted by atomic mass is 35.5. The first kappa shape index (κ1) is 18.0. The van der Waals surface area contributed by atoms with Gasteiger partial charge in [0.15, 0.2) is 5.78 Å². The van der Waals surface area contributed by atoms with E-state index in [-0.39, 0.29) is 5.78 Å². The molecule has 0 saturated carbocycles. The van der Waals surface area contributed by atoms with Gasteiger partial charge in [0.1, 0.15) is 5.75 Å². The molecule has 0 amide bonds. The fraction of sp³-hybridized carbons (Fsp3) is 0.611. The van der Waals surface area contributed by atoms with E-state index in [1.807, 2.05) is 12.1 Å². The van der Waals surface area contributed by atoms with Gasteiger partial charge in [-0.15, -0.1) is 11.6 Å². The summed E-state index contributed by atoms with van der Waals surface area (Å²) in [4.78, 5) is 11.0. The van der Waals surface area contributed by atoms with Gasteiger partial charge < -0.3 is 4.74 Å². The van der Waals surface area contributed by atoms with Gasteiger partial charge in [0.25, 0.3) is 0 Å². The van der Waals surface area contributed by atoms with Gasteiger partial charge in [-0.25, -0.2) is 0 Å². The molecule has 1 rings (SSSR count). The van der Waals surface area contributed by atoms with Gasteiger partial charge in [0, 0.05) is 6.42 Å². The number of benzene rings is 1. The molecule has 0 aliphatic carbocycles. The molecule has 0 aliphatic heterocycles. The van der Waals surface area contributed by atoms with E-state index in [2.05, 4.69) is 26.0 Å². The number of hydrogen-bond acceptors (Lipinski definition) is 2. The van der Waals surface area contributed by atoms with Gasteiger partial charge in [-0.05, 0) is 56.7 Å². The topological polar surface area (TPSA) is 26.3 Å². The Morgan fingerprint density at radius 1 is 1.24 bits per heavy atom. The molecule has 118 valence electrons. The molecule has 0 radical (unpaired) electrons. The van der Waals surface area contributed by atoms with E-state index in [9.17, 15) is 4.79 Å². The fourth-order valence-electron chi connectivity index (χ4n) is 2.02. The quantitative estimate of drug-likeness (QED) is 0.599. The van der Waals surface area contributed by atoms with Crippen LogP contribution < -0.4 is 4.74 Å². The third kappa shape index (κ3) is 6.99. The first-order chi connectivity index (χ1) is 9.82. The third-order valence-electron chi connectivity index (χ3n) is 3.74. The number of Topliss-reactive ketones (excluding diaryl/α,β-unsaturated/α-hetero) is 1. The number of ketones is 1. The Morgan fingerprint density at radius 3 is 2.38 bits per heavy atom. The van der Waals surface area contributed by atoms with Gasteiger partial charge in [0.2, 0.25) is 0 Å². The normalized spacial score (nSPS) is 13.0. The molecule has 1 atom stereocenters. The molecule has 0 spiro atoms. The minimum absolute atomic E-state index is 0.118. The average Bonchev–Trinajstić information content (AvgIpc) is 2.44. The van der Waals surface area contributed by atoms with Crippen LogP contribution in [0.25, 0.3) is 0 Å². The summed E-state index contributed by atoms with van der Waals surface area (Å²) in [6.45, 7) is 8.49. The second-order valence-electron chi connectivity index (χ2n) is 6.17. The van der Waals surface area contributed by atoms with Crippen LogP contribution in [0, 0.1) is 5.92 Å². The number of hydrogen-bond donors (Lipinski definition) is 0. The molecule has 21 heavy (non-hydrogen) atoms. The number of carbonyl (C=O) groups is 1. The zero-order valence-corrected chi connectivity index (χ0v) is 14.4. The monoisotopic (exact) mass is 310 g/mol. The van der Waals surface area contributed by atoms with Gasteiger partial charge in [-0.3, -0.25) is 4.79 Å². The summed E-state index contributed by atoms with van der Waals surface area (Å²) in [5.41, 5.74) is 1.32. The van der Waals surface area contributed by atoms with Crippen LogP contribution in [0.15, 0.2) is 24.3 Å². The van der Waals surface area contributed by atoms with E-state index in [0.717, 1.165) is 25.0 Å². The number of alkyl halides is 1. The van der Waals surface area contributed by atoms with Crippen LogP contribution in [0.5, 0.6) is 5.75 Å². The van der Waals surface area contributed by atoms with Gasteiger partial charge >= 0.3 is 0 Å². The molecular formula is C18H27ClO2. The lowest BCUT2D eigenvalue weighted by molar-refractivity contribution is -0.121. The number of carbonyl (C=O) groups excluding carboxylic acids is 1. The van der Waals surface area contributed by atoms with Gasteiger partial charge in [-0.2, -0.15) is 0 Å². The van der Waals surface area contributed by atoms with Crippen LogP contribution in [-0.2, 0) is 11.2 Å². The van der Waals surface area contributed by atoms with Crippen molar-refractivity contribution in [2.45, 2.75) is 58.3 Å². The molecule has 0 bridgehead atoms. The molecule has 0 fully saturated rings. The summed E-state index contributed by atoms with van der Waals surface area (Å²) in [5, 5.41) is 0. The lowest BCUT2D eigenvalue weighted by Gasteiger charge is -2.16. The Labute approximate surface area is 133 Å². The Hall–Kier alpha value is -1.02. The van der Waals surface area contributed by atoms with Gasteiger partial charge in [0.05, 0.1) is 11.5 Å². The highest BCUT2D eigenvalue weighted by Gasteiger charge is 2.23. The molecule has 1 aromatic rings. The van der Waals surface area contributed by atoms with Crippen LogP contribution in [0.2, 0.25) is 0 Å². The van der Waals surface area contributed by atoms with Crippen molar-refractivity contribution in [3.63, 3.8) is 0 Å². The maximum Gasteiger partial charge on any atom is 0.153 e. The molecule has 0 saturated heterocycles. The largest absolute Gasteiger partial charge is 0.494 e. The summed E-state index contributed by atoms with van der Waals surface area (Å²) in [6.07, 6.45) is 3.41. The average molecular weight is 311 g/mol. The van der Waals surface area contributed by atoms with Crippen molar-refractivity contribution in [1.29, 1.82) is 0 Å². The maximum atomic E-state index is 11.8. The first-order valence-corrected chi connectivity index (χ1v) is 8.14. The fourth-order valence-corrected chi connectivity index (χ4v) is 2.11. The van der Waals surface area contributed by atoms with Crippen molar-refractivity contribution >= 4 is 17.4 Å². The molecule has 2 nitrogen and oxygen atoms in total. The lowest BCUT2D eigenvalue weighted by atomic mass is 9.96.